The van der Waals surface area contributed by atoms with Gasteiger partial charge in [0.1, 0.15) is 0 Å². The zero-order chi connectivity index (χ0) is 10.2. The molecule has 0 bridgehead atoms. The van der Waals surface area contributed by atoms with Gasteiger partial charge in [-0.15, -0.1) is 0 Å². The van der Waals surface area contributed by atoms with Crippen molar-refractivity contribution >= 4 is 20.2 Å². The van der Waals surface area contributed by atoms with Crippen LogP contribution in [0.25, 0.3) is 0 Å². The summed E-state index contributed by atoms with van der Waals surface area (Å²) in [6.07, 6.45) is 0. The lowest BCUT2D eigenvalue weighted by Gasteiger charge is -2.18. The highest BCUT2D eigenvalue weighted by Crippen LogP contribution is 2.23. The van der Waals surface area contributed by atoms with E-state index in [-0.39, 0.29) is 0 Å². The van der Waals surface area contributed by atoms with Crippen LogP contribution in [0, 0.1) is 0 Å². The monoisotopic (exact) mass is 218 g/mol. The minimum absolute atomic E-state index is 0.822. The molecule has 0 amide bonds. The Labute approximate surface area is 71.4 Å². The molecule has 0 saturated carbocycles. The molecule has 6 nitrogen and oxygen atoms in total. The maximum Gasteiger partial charge on any atom is 0.289 e. The van der Waals surface area contributed by atoms with Gasteiger partial charge in [0.05, 0.1) is 7.11 Å². The van der Waals surface area contributed by atoms with E-state index in [1.54, 1.807) is 0 Å². The second-order valence-electron chi connectivity index (χ2n) is 2.50. The van der Waals surface area contributed by atoms with Crippen LogP contribution < -0.4 is 0 Å². The van der Waals surface area contributed by atoms with E-state index in [1.807, 2.05) is 0 Å². The van der Waals surface area contributed by atoms with E-state index >= 15 is 0 Å². The summed E-state index contributed by atoms with van der Waals surface area (Å²) in [5, 5.41) is 0. The van der Waals surface area contributed by atoms with Gasteiger partial charge in [0.25, 0.3) is 20.2 Å². The van der Waals surface area contributed by atoms with E-state index in [0.717, 1.165) is 21.0 Å². The summed E-state index contributed by atoms with van der Waals surface area (Å²) >= 11 is 0. The molecule has 0 fully saturated rings. The highest BCUT2D eigenvalue weighted by atomic mass is 32.3. The summed E-state index contributed by atoms with van der Waals surface area (Å²) in [6.45, 7) is 1.67. The number of rotatable bonds is 3. The van der Waals surface area contributed by atoms with Gasteiger partial charge in [-0.25, -0.2) is 0 Å². The van der Waals surface area contributed by atoms with Crippen LogP contribution in [0.4, 0.5) is 0 Å². The lowest BCUT2D eigenvalue weighted by atomic mass is 10.5. The molecule has 0 rings (SSSR count). The zero-order valence-corrected chi connectivity index (χ0v) is 8.44. The van der Waals surface area contributed by atoms with Crippen molar-refractivity contribution in [1.29, 1.82) is 0 Å². The summed E-state index contributed by atoms with van der Waals surface area (Å²) in [4.78, 5) is 0. The lowest BCUT2D eigenvalue weighted by molar-refractivity contribution is 0.378. The first-order chi connectivity index (χ1) is 5.06. The van der Waals surface area contributed by atoms with Crippen molar-refractivity contribution in [3.05, 3.63) is 0 Å². The van der Waals surface area contributed by atoms with E-state index < -0.39 is 24.3 Å². The van der Waals surface area contributed by atoms with Gasteiger partial charge in [0, 0.05) is 0 Å². The lowest BCUT2D eigenvalue weighted by Crippen LogP contribution is -2.40. The Kier molecular flexibility index (Phi) is 2.90. The smallest absolute Gasteiger partial charge is 0.284 e. The van der Waals surface area contributed by atoms with Gasteiger partial charge in [0.2, 0.25) is 4.08 Å². The molecule has 0 aromatic heterocycles. The van der Waals surface area contributed by atoms with Crippen LogP contribution in [-0.2, 0) is 24.4 Å². The highest BCUT2D eigenvalue weighted by molar-refractivity contribution is 8.05. The Morgan fingerprint density at radius 1 is 1.17 bits per heavy atom. The van der Waals surface area contributed by atoms with E-state index in [4.69, 9.17) is 4.55 Å². The van der Waals surface area contributed by atoms with Crippen LogP contribution in [-0.4, -0.2) is 32.6 Å². The van der Waals surface area contributed by atoms with Crippen molar-refractivity contribution in [3.8, 4) is 0 Å². The molecule has 0 aliphatic heterocycles. The van der Waals surface area contributed by atoms with Gasteiger partial charge in [0.15, 0.2) is 0 Å². The topological polar surface area (TPSA) is 97.7 Å². The van der Waals surface area contributed by atoms with Crippen molar-refractivity contribution in [2.45, 2.75) is 17.9 Å². The Morgan fingerprint density at radius 3 is 1.58 bits per heavy atom. The quantitative estimate of drug-likeness (QED) is 0.510. The standard InChI is InChI=1S/C4H10O6S2/c1-4(2,11(5,6)7)12(8,9)10-3/h1-3H3,(H,5,6,7). The number of hydrogen-bond donors (Lipinski definition) is 1. The first-order valence-corrected chi connectivity index (χ1v) is 5.68. The fourth-order valence-corrected chi connectivity index (χ4v) is 1.97. The number of hydrogen-bond acceptors (Lipinski definition) is 5. The molecule has 74 valence electrons. The van der Waals surface area contributed by atoms with Crippen LogP contribution in [0.3, 0.4) is 0 Å². The third-order valence-corrected chi connectivity index (χ3v) is 5.57. The van der Waals surface area contributed by atoms with Crippen molar-refractivity contribution in [1.82, 2.24) is 0 Å². The van der Waals surface area contributed by atoms with Crippen LogP contribution >= 0.6 is 0 Å². The molecule has 0 saturated heterocycles. The molecule has 8 heteroatoms. The molecule has 0 atom stereocenters. The van der Waals surface area contributed by atoms with Gasteiger partial charge in [-0.2, -0.15) is 16.8 Å². The first kappa shape index (κ1) is 11.8. The van der Waals surface area contributed by atoms with Gasteiger partial charge < -0.3 is 0 Å². The van der Waals surface area contributed by atoms with E-state index in [0.29, 0.717) is 0 Å². The molecule has 0 aromatic carbocycles. The van der Waals surface area contributed by atoms with Crippen LogP contribution in [0.15, 0.2) is 0 Å². The molecule has 1 N–H and O–H groups in total. The summed E-state index contributed by atoms with van der Waals surface area (Å²) in [5.74, 6) is 0. The first-order valence-electron chi connectivity index (χ1n) is 2.83. The maximum atomic E-state index is 10.9. The average molecular weight is 218 g/mol. The molecular weight excluding hydrogens is 208 g/mol. The molecule has 0 heterocycles. The van der Waals surface area contributed by atoms with Crippen molar-refractivity contribution in [2.24, 2.45) is 0 Å². The van der Waals surface area contributed by atoms with Crippen LogP contribution in [0.2, 0.25) is 0 Å². The summed E-state index contributed by atoms with van der Waals surface area (Å²) in [5.41, 5.74) is 0. The van der Waals surface area contributed by atoms with Crippen molar-refractivity contribution in [2.75, 3.05) is 7.11 Å². The normalized spacial score (nSPS) is 14.7. The molecule has 0 spiro atoms. The minimum atomic E-state index is -4.69. The zero-order valence-electron chi connectivity index (χ0n) is 6.80. The van der Waals surface area contributed by atoms with Crippen molar-refractivity contribution in [3.63, 3.8) is 0 Å². The summed E-state index contributed by atoms with van der Waals surface area (Å²) in [6, 6.07) is 0. The molecule has 0 aliphatic carbocycles. The molecule has 0 aliphatic rings. The second-order valence-corrected chi connectivity index (χ2v) is 6.99. The molecule has 0 aromatic rings. The second kappa shape index (κ2) is 2.95. The summed E-state index contributed by atoms with van der Waals surface area (Å²) in [7, 11) is -8.16. The predicted molar refractivity (Wildman–Crippen MR) is 41.6 cm³/mol. The molecule has 0 unspecified atom stereocenters. The van der Waals surface area contributed by atoms with Gasteiger partial charge >= 0.3 is 0 Å². The van der Waals surface area contributed by atoms with Gasteiger partial charge in [-0.05, 0) is 13.8 Å². The molecule has 0 radical (unpaired) electrons. The van der Waals surface area contributed by atoms with E-state index in [1.165, 1.54) is 0 Å². The fourth-order valence-electron chi connectivity index (χ4n) is 0.330. The molecular formula is C4H10O6S2. The third kappa shape index (κ3) is 1.76. The summed E-state index contributed by atoms with van der Waals surface area (Å²) < 4.78 is 53.1. The predicted octanol–water partition coefficient (Wildman–Crippen LogP) is -0.413. The SMILES string of the molecule is COS(=O)(=O)C(C)(C)S(=O)(=O)O. The van der Waals surface area contributed by atoms with Crippen LogP contribution in [0.5, 0.6) is 0 Å². The Morgan fingerprint density at radius 2 is 1.50 bits per heavy atom. The Hall–Kier alpha value is -0.180. The molecule has 12 heavy (non-hydrogen) atoms. The fraction of sp³-hybridized carbons (Fsp3) is 1.00. The largest absolute Gasteiger partial charge is 0.289 e. The Bertz CT molecular complexity index is 347. The van der Waals surface area contributed by atoms with Gasteiger partial charge in [-0.3, -0.25) is 8.74 Å². The third-order valence-electron chi connectivity index (χ3n) is 1.44. The Balaban J connectivity index is 5.46. The minimum Gasteiger partial charge on any atom is -0.284 e. The van der Waals surface area contributed by atoms with Crippen molar-refractivity contribution < 1.29 is 25.6 Å². The average Bonchev–Trinajstić information content (AvgIpc) is 1.85. The van der Waals surface area contributed by atoms with E-state index in [2.05, 4.69) is 4.18 Å². The maximum absolute atomic E-state index is 10.9. The van der Waals surface area contributed by atoms with Gasteiger partial charge in [-0.1, -0.05) is 0 Å². The van der Waals surface area contributed by atoms with E-state index in [9.17, 15) is 16.8 Å². The van der Waals surface area contributed by atoms with Crippen LogP contribution in [0.1, 0.15) is 13.8 Å². The highest BCUT2D eigenvalue weighted by Gasteiger charge is 2.46.